The van der Waals surface area contributed by atoms with Crippen molar-refractivity contribution in [2.75, 3.05) is 24.9 Å². The van der Waals surface area contributed by atoms with Crippen molar-refractivity contribution in [1.29, 1.82) is 0 Å². The third-order valence-electron chi connectivity index (χ3n) is 4.57. The van der Waals surface area contributed by atoms with Gasteiger partial charge in [0, 0.05) is 23.3 Å². The van der Waals surface area contributed by atoms with Crippen LogP contribution in [0, 0.1) is 10.1 Å². The lowest BCUT2D eigenvalue weighted by molar-refractivity contribution is -0.383. The fourth-order valence-corrected chi connectivity index (χ4v) is 3.10. The molecular weight excluding hydrogens is 400 g/mol. The number of aromatic nitrogens is 3. The van der Waals surface area contributed by atoms with Gasteiger partial charge in [0.05, 0.1) is 30.3 Å². The number of pyridine rings is 1. The molecule has 0 fully saturated rings. The summed E-state index contributed by atoms with van der Waals surface area (Å²) in [7, 11) is 3.04. The summed E-state index contributed by atoms with van der Waals surface area (Å²) in [6.45, 7) is 0. The largest absolute Gasteiger partial charge is 0.497 e. The molecule has 0 spiro atoms. The number of fused-ring (bicyclic) bond motifs is 1. The number of rotatable bonds is 7. The summed E-state index contributed by atoms with van der Waals surface area (Å²) >= 11 is 0. The maximum Gasteiger partial charge on any atom is 0.353 e. The van der Waals surface area contributed by atoms with Crippen molar-refractivity contribution in [1.82, 2.24) is 15.0 Å². The van der Waals surface area contributed by atoms with E-state index in [2.05, 4.69) is 25.6 Å². The lowest BCUT2D eigenvalue weighted by Gasteiger charge is -2.14. The van der Waals surface area contributed by atoms with Crippen molar-refractivity contribution < 1.29 is 14.4 Å². The van der Waals surface area contributed by atoms with Crippen molar-refractivity contribution in [2.45, 2.75) is 0 Å². The fourth-order valence-electron chi connectivity index (χ4n) is 3.10. The first kappa shape index (κ1) is 19.8. The predicted molar refractivity (Wildman–Crippen MR) is 117 cm³/mol. The van der Waals surface area contributed by atoms with Crippen molar-refractivity contribution >= 4 is 39.6 Å². The van der Waals surface area contributed by atoms with Gasteiger partial charge in [-0.1, -0.05) is 6.07 Å². The minimum absolute atomic E-state index is 0.0179. The second-order valence-corrected chi connectivity index (χ2v) is 6.37. The average molecular weight is 418 g/mol. The molecule has 2 heterocycles. The third-order valence-corrected chi connectivity index (χ3v) is 4.57. The smallest absolute Gasteiger partial charge is 0.353 e. The number of hydrogen-bond acceptors (Lipinski definition) is 9. The first-order valence-electron chi connectivity index (χ1n) is 9.20. The minimum atomic E-state index is -0.538. The van der Waals surface area contributed by atoms with Crippen LogP contribution in [-0.2, 0) is 0 Å². The molecule has 10 nitrogen and oxygen atoms in total. The Balaban J connectivity index is 1.75. The number of anilines is 4. The molecule has 0 bridgehead atoms. The number of ether oxygens (including phenoxy) is 2. The molecule has 0 saturated heterocycles. The molecule has 4 rings (SSSR count). The Morgan fingerprint density at radius 2 is 1.68 bits per heavy atom. The van der Waals surface area contributed by atoms with E-state index in [1.807, 2.05) is 18.2 Å². The van der Waals surface area contributed by atoms with E-state index < -0.39 is 4.92 Å². The van der Waals surface area contributed by atoms with E-state index in [9.17, 15) is 10.1 Å². The summed E-state index contributed by atoms with van der Waals surface area (Å²) in [6, 6.07) is 14.2. The summed E-state index contributed by atoms with van der Waals surface area (Å²) in [5.41, 5.74) is 1.58. The van der Waals surface area contributed by atoms with Crippen molar-refractivity contribution in [3.8, 4) is 11.5 Å². The van der Waals surface area contributed by atoms with Gasteiger partial charge in [-0.3, -0.25) is 15.1 Å². The quantitative estimate of drug-likeness (QED) is 0.331. The SMILES string of the molecule is COc1ccc(Nc2ncnc(Nc3cccc4ncccc34)c2[N+](=O)[O-])c(OC)c1. The molecule has 4 aromatic rings. The zero-order valence-electron chi connectivity index (χ0n) is 16.7. The van der Waals surface area contributed by atoms with Crippen molar-refractivity contribution in [2.24, 2.45) is 0 Å². The lowest BCUT2D eigenvalue weighted by Crippen LogP contribution is -2.06. The molecule has 31 heavy (non-hydrogen) atoms. The summed E-state index contributed by atoms with van der Waals surface area (Å²) in [5, 5.41) is 18.7. The number of nitro groups is 1. The van der Waals surface area contributed by atoms with Gasteiger partial charge in [0.15, 0.2) is 0 Å². The number of nitrogens with zero attached hydrogens (tertiary/aromatic N) is 4. The molecule has 0 aliphatic carbocycles. The van der Waals surface area contributed by atoms with Crippen LogP contribution < -0.4 is 20.1 Å². The Kier molecular flexibility index (Phi) is 5.43. The molecule has 156 valence electrons. The van der Waals surface area contributed by atoms with Crippen LogP contribution in [0.5, 0.6) is 11.5 Å². The molecule has 10 heteroatoms. The van der Waals surface area contributed by atoms with Crippen LogP contribution in [0.2, 0.25) is 0 Å². The first-order chi connectivity index (χ1) is 15.1. The standard InChI is InChI=1S/C21H18N6O4/c1-30-13-8-9-17(18(11-13)31-2)26-21-19(27(28)29)20(23-12-24-21)25-16-7-3-6-15-14(16)5-4-10-22-15/h3-12H,1-2H3,(H2,23,24,25,26). The summed E-state index contributed by atoms with van der Waals surface area (Å²) < 4.78 is 10.5. The fraction of sp³-hybridized carbons (Fsp3) is 0.0952. The van der Waals surface area contributed by atoms with Gasteiger partial charge in [-0.15, -0.1) is 0 Å². The van der Waals surface area contributed by atoms with Crippen molar-refractivity contribution in [3.05, 3.63) is 71.2 Å². The highest BCUT2D eigenvalue weighted by Crippen LogP contribution is 2.37. The summed E-state index contributed by atoms with van der Waals surface area (Å²) in [6.07, 6.45) is 2.93. The van der Waals surface area contributed by atoms with Gasteiger partial charge in [0.2, 0.25) is 11.6 Å². The Bertz CT molecular complexity index is 1260. The van der Waals surface area contributed by atoms with Gasteiger partial charge >= 0.3 is 5.69 Å². The average Bonchev–Trinajstić information content (AvgIpc) is 2.79. The molecule has 0 aliphatic rings. The number of methoxy groups -OCH3 is 2. The van der Waals surface area contributed by atoms with E-state index in [1.54, 1.807) is 36.5 Å². The van der Waals surface area contributed by atoms with Gasteiger partial charge in [0.25, 0.3) is 0 Å². The molecule has 2 N–H and O–H groups in total. The molecule has 0 amide bonds. The normalized spacial score (nSPS) is 10.5. The van der Waals surface area contributed by atoms with Crippen LogP contribution in [0.15, 0.2) is 61.1 Å². The number of hydrogen-bond donors (Lipinski definition) is 2. The van der Waals surface area contributed by atoms with Crippen LogP contribution in [-0.4, -0.2) is 34.1 Å². The predicted octanol–water partition coefficient (Wildman–Crippen LogP) is 4.44. The van der Waals surface area contributed by atoms with Crippen LogP contribution >= 0.6 is 0 Å². The molecule has 2 aromatic heterocycles. The first-order valence-corrected chi connectivity index (χ1v) is 9.20. The zero-order chi connectivity index (χ0) is 21.8. The molecule has 0 aliphatic heterocycles. The molecular formula is C21H18N6O4. The van der Waals surface area contributed by atoms with Crippen LogP contribution in [0.1, 0.15) is 0 Å². The Morgan fingerprint density at radius 1 is 0.903 bits per heavy atom. The van der Waals surface area contributed by atoms with Gasteiger partial charge in [0.1, 0.15) is 17.8 Å². The van der Waals surface area contributed by atoms with Crippen LogP contribution in [0.4, 0.5) is 28.7 Å². The van der Waals surface area contributed by atoms with E-state index >= 15 is 0 Å². The maximum absolute atomic E-state index is 11.9. The second kappa shape index (κ2) is 8.49. The minimum Gasteiger partial charge on any atom is -0.497 e. The van der Waals surface area contributed by atoms with E-state index in [4.69, 9.17) is 9.47 Å². The third kappa shape index (κ3) is 3.99. The highest BCUT2D eigenvalue weighted by atomic mass is 16.6. The Labute approximate surface area is 177 Å². The van der Waals surface area contributed by atoms with Crippen LogP contribution in [0.25, 0.3) is 10.9 Å². The molecule has 0 unspecified atom stereocenters. The Morgan fingerprint density at radius 3 is 2.39 bits per heavy atom. The van der Waals surface area contributed by atoms with E-state index in [0.29, 0.717) is 22.9 Å². The molecule has 0 saturated carbocycles. The maximum atomic E-state index is 11.9. The van der Waals surface area contributed by atoms with Crippen molar-refractivity contribution in [3.63, 3.8) is 0 Å². The van der Waals surface area contributed by atoms with E-state index in [-0.39, 0.29) is 17.3 Å². The highest BCUT2D eigenvalue weighted by Gasteiger charge is 2.24. The summed E-state index contributed by atoms with van der Waals surface area (Å²) in [4.78, 5) is 23.9. The Hall–Kier alpha value is -4.47. The van der Waals surface area contributed by atoms with Gasteiger partial charge in [-0.2, -0.15) is 0 Å². The monoisotopic (exact) mass is 418 g/mol. The molecule has 0 radical (unpaired) electrons. The van der Waals surface area contributed by atoms with Gasteiger partial charge < -0.3 is 20.1 Å². The zero-order valence-corrected chi connectivity index (χ0v) is 16.7. The number of benzene rings is 2. The van der Waals surface area contributed by atoms with E-state index in [1.165, 1.54) is 20.5 Å². The molecule has 2 aromatic carbocycles. The van der Waals surface area contributed by atoms with E-state index in [0.717, 1.165) is 10.9 Å². The number of nitrogens with one attached hydrogen (secondary N) is 2. The molecule has 0 atom stereocenters. The van der Waals surface area contributed by atoms with Gasteiger partial charge in [-0.25, -0.2) is 9.97 Å². The van der Waals surface area contributed by atoms with Gasteiger partial charge in [-0.05, 0) is 36.4 Å². The lowest BCUT2D eigenvalue weighted by atomic mass is 10.2. The second-order valence-electron chi connectivity index (χ2n) is 6.37. The summed E-state index contributed by atoms with van der Waals surface area (Å²) in [5.74, 6) is 1.10. The topological polar surface area (TPSA) is 124 Å². The highest BCUT2D eigenvalue weighted by molar-refractivity contribution is 5.94. The van der Waals surface area contributed by atoms with Crippen LogP contribution in [0.3, 0.4) is 0 Å².